The molecule has 1 aromatic heterocycles. The van der Waals surface area contributed by atoms with Crippen LogP contribution in [0.25, 0.3) is 5.69 Å². The summed E-state index contributed by atoms with van der Waals surface area (Å²) in [7, 11) is 0. The van der Waals surface area contributed by atoms with Crippen LogP contribution < -0.4 is 5.32 Å². The van der Waals surface area contributed by atoms with Crippen LogP contribution in [0.2, 0.25) is 0 Å². The van der Waals surface area contributed by atoms with Crippen LogP contribution in [-0.4, -0.2) is 15.7 Å². The van der Waals surface area contributed by atoms with Crippen molar-refractivity contribution in [1.82, 2.24) is 9.78 Å². The van der Waals surface area contributed by atoms with Gasteiger partial charge in [-0.05, 0) is 48.1 Å². The first-order chi connectivity index (χ1) is 11.7. The molecule has 0 unspecified atom stereocenters. The zero-order valence-electron chi connectivity index (χ0n) is 13.8. The lowest BCUT2D eigenvalue weighted by molar-refractivity contribution is -0.138. The van der Waals surface area contributed by atoms with Crippen LogP contribution in [0.3, 0.4) is 0 Å². The SMILES string of the molecule is CC#Cc1c(NC(=O)CC)cc(-n2cc(I)cn2)c(C(F)(F)F)c1C. The molecule has 132 valence electrons. The van der Waals surface area contributed by atoms with E-state index in [1.165, 1.54) is 32.3 Å². The molecule has 1 N–H and O–H groups in total. The van der Waals surface area contributed by atoms with E-state index in [1.807, 2.05) is 22.6 Å². The zero-order valence-corrected chi connectivity index (χ0v) is 15.9. The Labute approximate surface area is 156 Å². The summed E-state index contributed by atoms with van der Waals surface area (Å²) in [6, 6.07) is 1.27. The summed E-state index contributed by atoms with van der Waals surface area (Å²) in [5.74, 6) is 4.97. The van der Waals surface area contributed by atoms with Crippen molar-refractivity contribution in [2.24, 2.45) is 0 Å². The topological polar surface area (TPSA) is 46.9 Å². The van der Waals surface area contributed by atoms with Gasteiger partial charge in [-0.15, -0.1) is 5.92 Å². The number of halogens is 4. The molecule has 8 heteroatoms. The molecule has 0 radical (unpaired) electrons. The lowest BCUT2D eigenvalue weighted by atomic mass is 9.97. The number of benzene rings is 1. The first-order valence-corrected chi connectivity index (χ1v) is 8.44. The van der Waals surface area contributed by atoms with E-state index in [1.54, 1.807) is 6.92 Å². The minimum atomic E-state index is -4.59. The van der Waals surface area contributed by atoms with E-state index >= 15 is 0 Å². The number of carbonyl (C=O) groups is 1. The van der Waals surface area contributed by atoms with E-state index in [0.717, 1.165) is 4.68 Å². The van der Waals surface area contributed by atoms with E-state index in [2.05, 4.69) is 22.3 Å². The lowest BCUT2D eigenvalue weighted by Gasteiger charge is -2.20. The number of anilines is 1. The number of nitrogens with zero attached hydrogens (tertiary/aromatic N) is 2. The Morgan fingerprint density at radius 3 is 2.60 bits per heavy atom. The molecule has 0 aliphatic heterocycles. The Bertz CT molecular complexity index is 876. The van der Waals surface area contributed by atoms with Gasteiger partial charge in [-0.2, -0.15) is 18.3 Å². The van der Waals surface area contributed by atoms with Crippen LogP contribution in [0.5, 0.6) is 0 Å². The van der Waals surface area contributed by atoms with Crippen LogP contribution in [0, 0.1) is 22.3 Å². The number of aromatic nitrogens is 2. The molecule has 1 heterocycles. The summed E-state index contributed by atoms with van der Waals surface area (Å²) in [6.07, 6.45) is -1.44. The van der Waals surface area contributed by atoms with Gasteiger partial charge >= 0.3 is 6.18 Å². The minimum absolute atomic E-state index is 0.0451. The number of nitrogens with one attached hydrogen (secondary N) is 1. The van der Waals surface area contributed by atoms with E-state index in [9.17, 15) is 18.0 Å². The Balaban J connectivity index is 2.84. The maximum absolute atomic E-state index is 13.7. The van der Waals surface area contributed by atoms with Gasteiger partial charge in [0.25, 0.3) is 0 Å². The van der Waals surface area contributed by atoms with Gasteiger partial charge in [0, 0.05) is 12.6 Å². The van der Waals surface area contributed by atoms with Crippen molar-refractivity contribution in [1.29, 1.82) is 0 Å². The van der Waals surface area contributed by atoms with Gasteiger partial charge in [-0.1, -0.05) is 12.8 Å². The molecule has 0 saturated heterocycles. The highest BCUT2D eigenvalue weighted by Crippen LogP contribution is 2.40. The van der Waals surface area contributed by atoms with Gasteiger partial charge < -0.3 is 5.32 Å². The third-order valence-corrected chi connectivity index (χ3v) is 4.04. The molecule has 0 aliphatic carbocycles. The van der Waals surface area contributed by atoms with Crippen LogP contribution in [0.4, 0.5) is 18.9 Å². The van der Waals surface area contributed by atoms with Gasteiger partial charge in [0.1, 0.15) is 0 Å². The number of amides is 1. The number of rotatable bonds is 3. The maximum atomic E-state index is 13.7. The fourth-order valence-corrected chi connectivity index (χ4v) is 2.78. The van der Waals surface area contributed by atoms with Crippen LogP contribution in [-0.2, 0) is 11.0 Å². The van der Waals surface area contributed by atoms with Gasteiger partial charge in [0.2, 0.25) is 5.91 Å². The van der Waals surface area contributed by atoms with Crippen molar-refractivity contribution in [2.75, 3.05) is 5.32 Å². The molecule has 1 amide bonds. The molecule has 0 atom stereocenters. The molecular weight excluding hydrogens is 446 g/mol. The molecule has 0 spiro atoms. The monoisotopic (exact) mass is 461 g/mol. The van der Waals surface area contributed by atoms with Crippen LogP contribution >= 0.6 is 22.6 Å². The highest BCUT2D eigenvalue weighted by atomic mass is 127. The summed E-state index contributed by atoms with van der Waals surface area (Å²) >= 11 is 1.97. The average molecular weight is 461 g/mol. The van der Waals surface area contributed by atoms with Crippen molar-refractivity contribution in [2.45, 2.75) is 33.4 Å². The van der Waals surface area contributed by atoms with Crippen molar-refractivity contribution in [3.8, 4) is 17.5 Å². The van der Waals surface area contributed by atoms with E-state index in [-0.39, 0.29) is 34.8 Å². The fraction of sp³-hybridized carbons (Fsp3) is 0.294. The van der Waals surface area contributed by atoms with E-state index < -0.39 is 11.7 Å². The second kappa shape index (κ2) is 7.47. The average Bonchev–Trinajstić information content (AvgIpc) is 2.95. The molecule has 0 saturated carbocycles. The highest BCUT2D eigenvalue weighted by molar-refractivity contribution is 14.1. The Kier molecular flexibility index (Phi) is 5.77. The van der Waals surface area contributed by atoms with Crippen molar-refractivity contribution >= 4 is 34.2 Å². The van der Waals surface area contributed by atoms with Gasteiger partial charge in [-0.25, -0.2) is 4.68 Å². The number of alkyl halides is 3. The second-order valence-corrected chi connectivity index (χ2v) is 6.44. The van der Waals surface area contributed by atoms with Crippen molar-refractivity contribution in [3.05, 3.63) is 38.7 Å². The van der Waals surface area contributed by atoms with Crippen molar-refractivity contribution in [3.63, 3.8) is 0 Å². The summed E-state index contributed by atoms with van der Waals surface area (Å²) in [5, 5.41) is 6.61. The number of hydrogen-bond donors (Lipinski definition) is 1. The first-order valence-electron chi connectivity index (χ1n) is 7.37. The third-order valence-electron chi connectivity index (χ3n) is 3.48. The summed E-state index contributed by atoms with van der Waals surface area (Å²) < 4.78 is 43.0. The fourth-order valence-electron chi connectivity index (χ4n) is 2.39. The predicted molar refractivity (Wildman–Crippen MR) is 97.5 cm³/mol. The minimum Gasteiger partial charge on any atom is -0.325 e. The molecule has 1 aromatic carbocycles. The Morgan fingerprint density at radius 1 is 1.44 bits per heavy atom. The molecule has 4 nitrogen and oxygen atoms in total. The lowest BCUT2D eigenvalue weighted by Crippen LogP contribution is -2.18. The quantitative estimate of drug-likeness (QED) is 0.540. The Morgan fingerprint density at radius 2 is 2.12 bits per heavy atom. The van der Waals surface area contributed by atoms with Gasteiger partial charge in [-0.3, -0.25) is 4.79 Å². The molecule has 2 rings (SSSR count). The summed E-state index contributed by atoms with van der Waals surface area (Å²) in [5.41, 5.74) is -0.620. The largest absolute Gasteiger partial charge is 0.418 e. The predicted octanol–water partition coefficient (Wildman–Crippen LogP) is 4.52. The molecule has 0 fully saturated rings. The van der Waals surface area contributed by atoms with Gasteiger partial charge in [0.05, 0.1) is 32.3 Å². The molecule has 2 aromatic rings. The standard InChI is InChI=1S/C17H15F3IN3O/c1-4-6-12-10(3)16(17(18,19)20)14(24-9-11(21)8-22-24)7-13(12)23-15(25)5-2/h7-9H,5H2,1-3H3,(H,23,25). The zero-order chi connectivity index (χ0) is 18.8. The molecular formula is C17H15F3IN3O. The van der Waals surface area contributed by atoms with E-state index in [0.29, 0.717) is 3.57 Å². The number of carbonyl (C=O) groups excluding carboxylic acids is 1. The van der Waals surface area contributed by atoms with Crippen molar-refractivity contribution < 1.29 is 18.0 Å². The normalized spacial score (nSPS) is 11.0. The van der Waals surface area contributed by atoms with E-state index in [4.69, 9.17) is 0 Å². The summed E-state index contributed by atoms with van der Waals surface area (Å²) in [4.78, 5) is 11.8. The third kappa shape index (κ3) is 4.15. The van der Waals surface area contributed by atoms with Crippen LogP contribution in [0.1, 0.15) is 37.0 Å². The maximum Gasteiger partial charge on any atom is 0.418 e. The van der Waals surface area contributed by atoms with Gasteiger partial charge in [0.15, 0.2) is 0 Å². The Hall–Kier alpha value is -2.02. The molecule has 0 aliphatic rings. The second-order valence-electron chi connectivity index (χ2n) is 5.20. The smallest absolute Gasteiger partial charge is 0.325 e. The number of hydrogen-bond acceptors (Lipinski definition) is 2. The molecule has 25 heavy (non-hydrogen) atoms. The first kappa shape index (κ1) is 19.3. The van der Waals surface area contributed by atoms with Crippen LogP contribution in [0.15, 0.2) is 18.5 Å². The summed E-state index contributed by atoms with van der Waals surface area (Å²) in [6.45, 7) is 4.54. The highest BCUT2D eigenvalue weighted by Gasteiger charge is 2.38. The molecule has 0 bridgehead atoms.